The minimum absolute atomic E-state index is 0. The van der Waals surface area contributed by atoms with Crippen molar-refractivity contribution in [3.05, 3.63) is 46.0 Å². The van der Waals surface area contributed by atoms with Gasteiger partial charge in [-0.25, -0.2) is 4.79 Å². The number of carboxylic acid groups (broad SMARTS) is 1. The third-order valence-electron chi connectivity index (χ3n) is 0.357. The number of carboxylic acids is 1. The molecule has 108 valence electrons. The molecule has 0 heterocycles. The number of rotatable bonds is 1. The zero-order valence-corrected chi connectivity index (χ0v) is 10.1. The monoisotopic (exact) mass is 303 g/mol. The predicted octanol–water partition coefficient (Wildman–Crippen LogP) is -1.65. The molecule has 0 aliphatic heterocycles. The van der Waals surface area contributed by atoms with Gasteiger partial charge in [-0.1, -0.05) is 0 Å². The molecule has 1 unspecified atom stereocenters. The van der Waals surface area contributed by atoms with Crippen molar-refractivity contribution in [3.8, 4) is 0 Å². The third-order valence-corrected chi connectivity index (χ3v) is 0.357. The van der Waals surface area contributed by atoms with Crippen LogP contribution in [0, 0.1) is 46.0 Å². The summed E-state index contributed by atoms with van der Waals surface area (Å²) in [4.78, 5) is 34.2. The number of nitrogens with zero attached hydrogens (tertiary/aromatic N) is 3. The number of aliphatic hydroxyl groups is 1. The van der Waals surface area contributed by atoms with E-state index in [4.69, 9.17) is 56.2 Å². The largest absolute Gasteiger partial charge is 3.00 e. The van der Waals surface area contributed by atoms with Crippen LogP contribution in [0.15, 0.2) is 0 Å². The van der Waals surface area contributed by atoms with Crippen LogP contribution < -0.4 is 0 Å². The van der Waals surface area contributed by atoms with Gasteiger partial charge in [-0.05, 0) is 6.92 Å². The Kier molecular flexibility index (Phi) is 33.0. The first-order valence-electron chi connectivity index (χ1n) is 3.20. The zero-order valence-electron chi connectivity index (χ0n) is 8.97. The van der Waals surface area contributed by atoms with Crippen molar-refractivity contribution in [2.45, 2.75) is 13.0 Å². The minimum Gasteiger partial charge on any atom is -0.479 e. The summed E-state index contributed by atoms with van der Waals surface area (Å²) in [5.41, 5.74) is 0. The summed E-state index contributed by atoms with van der Waals surface area (Å²) in [6, 6.07) is 0. The Hall–Kier alpha value is -2.44. The van der Waals surface area contributed by atoms with Gasteiger partial charge in [0.15, 0.2) is 0 Å². The van der Waals surface area contributed by atoms with Crippen molar-refractivity contribution in [1.82, 2.24) is 0 Å². The third kappa shape index (κ3) is 1170. The fourth-order valence-electron chi connectivity index (χ4n) is 0. The molecule has 2 N–H and O–H groups in total. The van der Waals surface area contributed by atoms with Crippen molar-refractivity contribution in [2.75, 3.05) is 0 Å². The first kappa shape index (κ1) is 30.0. The van der Waals surface area contributed by atoms with Crippen molar-refractivity contribution >= 4 is 23.3 Å². The van der Waals surface area contributed by atoms with E-state index in [0.29, 0.717) is 0 Å². The van der Waals surface area contributed by atoms with Gasteiger partial charge in [0.05, 0.1) is 15.3 Å². The number of hydrogen-bond donors (Lipinski definition) is 2. The zero-order chi connectivity index (χ0) is 15.9. The molecule has 0 bridgehead atoms. The summed E-state index contributed by atoms with van der Waals surface area (Å²) >= 11 is 0. The van der Waals surface area contributed by atoms with Crippen LogP contribution in [0.25, 0.3) is 0 Å². The van der Waals surface area contributed by atoms with E-state index < -0.39 is 27.3 Å². The summed E-state index contributed by atoms with van der Waals surface area (Å²) in [6.07, 6.45) is -1.23. The fraction of sp³-hybridized carbons (Fsp3) is 0.667. The van der Waals surface area contributed by atoms with E-state index >= 15 is 0 Å². The molecule has 0 amide bonds. The van der Waals surface area contributed by atoms with Crippen LogP contribution in [0.5, 0.6) is 0 Å². The van der Waals surface area contributed by atoms with Gasteiger partial charge in [-0.15, -0.1) is 0 Å². The molecular weight excluding hydrogens is 297 g/mol. The Morgan fingerprint density at radius 3 is 0.947 bits per heavy atom. The first-order chi connectivity index (χ1) is 7.84. The Morgan fingerprint density at radius 1 is 0.895 bits per heavy atom. The van der Waals surface area contributed by atoms with Crippen molar-refractivity contribution in [1.29, 1.82) is 0 Å². The number of hydrogen-bond acceptors (Lipinski definition) is 11. The van der Waals surface area contributed by atoms with E-state index in [0.717, 1.165) is 0 Å². The molecule has 0 saturated carbocycles. The Labute approximate surface area is 113 Å². The van der Waals surface area contributed by atoms with Crippen LogP contribution >= 0.6 is 0 Å². The molecule has 0 saturated heterocycles. The van der Waals surface area contributed by atoms with Crippen LogP contribution in [0.3, 0.4) is 0 Å². The summed E-state index contributed by atoms with van der Waals surface area (Å²) < 4.78 is 0. The second-order valence-electron chi connectivity index (χ2n) is 1.69. The molecule has 0 radical (unpaired) electrons. The van der Waals surface area contributed by atoms with Crippen LogP contribution in [-0.4, -0.2) is 54.9 Å². The smallest absolute Gasteiger partial charge is 0.479 e. The SMILES string of the molecule is CC(O)C(=O)O.O=[N+]([O-])[O-].O=[N+]([O-])[O-].O=[N+]([O-])[O-].[Al+3]. The maximum atomic E-state index is 9.45. The number of aliphatic carboxylic acids is 1. The number of aliphatic hydroxyl groups excluding tert-OH is 1. The van der Waals surface area contributed by atoms with E-state index in [-0.39, 0.29) is 17.4 Å². The van der Waals surface area contributed by atoms with Crippen LogP contribution in [0.4, 0.5) is 0 Å². The molecule has 1 atom stereocenters. The molecule has 0 aliphatic carbocycles. The van der Waals surface area contributed by atoms with Crippen LogP contribution in [0.1, 0.15) is 6.92 Å². The van der Waals surface area contributed by atoms with Crippen molar-refractivity contribution < 1.29 is 30.3 Å². The van der Waals surface area contributed by atoms with Gasteiger partial charge in [0, 0.05) is 0 Å². The first-order valence-corrected chi connectivity index (χ1v) is 3.20. The molecule has 16 heteroatoms. The van der Waals surface area contributed by atoms with E-state index in [1.165, 1.54) is 6.92 Å². The van der Waals surface area contributed by atoms with Gasteiger partial charge in [-0.2, -0.15) is 0 Å². The van der Waals surface area contributed by atoms with Gasteiger partial charge in [0.25, 0.3) is 0 Å². The van der Waals surface area contributed by atoms with Gasteiger partial charge in [0.1, 0.15) is 6.10 Å². The average Bonchev–Trinajstić information content (AvgIpc) is 1.99. The maximum Gasteiger partial charge on any atom is 3.00 e. The van der Waals surface area contributed by atoms with E-state index in [2.05, 4.69) is 0 Å². The van der Waals surface area contributed by atoms with Crippen molar-refractivity contribution in [3.63, 3.8) is 0 Å². The normalized spacial score (nSPS) is 8.11. The van der Waals surface area contributed by atoms with Gasteiger partial charge in [-0.3, -0.25) is 0 Å². The van der Waals surface area contributed by atoms with Crippen LogP contribution in [-0.2, 0) is 4.79 Å². The number of carbonyl (C=O) groups is 1. The van der Waals surface area contributed by atoms with Crippen LogP contribution in [0.2, 0.25) is 0 Å². The summed E-state index contributed by atoms with van der Waals surface area (Å²) in [5, 5.41) is 60.0. The van der Waals surface area contributed by atoms with E-state index in [1.54, 1.807) is 0 Å². The quantitative estimate of drug-likeness (QED) is 0.313. The van der Waals surface area contributed by atoms with E-state index in [9.17, 15) is 4.79 Å². The Balaban J connectivity index is -0.0000000459. The fourth-order valence-corrected chi connectivity index (χ4v) is 0. The molecule has 0 aromatic carbocycles. The summed E-state index contributed by atoms with van der Waals surface area (Å²) in [7, 11) is 0. The maximum absolute atomic E-state index is 9.45. The molecule has 0 aliphatic rings. The van der Waals surface area contributed by atoms with E-state index in [1.807, 2.05) is 0 Å². The Bertz CT molecular complexity index is 226. The van der Waals surface area contributed by atoms with Crippen molar-refractivity contribution in [2.24, 2.45) is 0 Å². The molecule has 19 heavy (non-hydrogen) atoms. The topological polar surface area (TPSA) is 256 Å². The average molecular weight is 303 g/mol. The minimum atomic E-state index is -1.75. The predicted molar refractivity (Wildman–Crippen MR) is 56.2 cm³/mol. The molecule has 15 nitrogen and oxygen atoms in total. The van der Waals surface area contributed by atoms with Gasteiger partial charge >= 0.3 is 23.3 Å². The Morgan fingerprint density at radius 2 is 0.947 bits per heavy atom. The second kappa shape index (κ2) is 20.9. The summed E-state index contributed by atoms with van der Waals surface area (Å²) in [5.74, 6) is -1.19. The molecule has 0 rings (SSSR count). The summed E-state index contributed by atoms with van der Waals surface area (Å²) in [6.45, 7) is 1.20. The molecule has 0 spiro atoms. The second-order valence-corrected chi connectivity index (χ2v) is 1.69. The standard InChI is InChI=1S/C3H6O3.Al.3NO3/c1-2(4)3(5)6;;3*2-1(3)4/h2,4H,1H3,(H,5,6);;;;/q;+3;3*-1. The van der Waals surface area contributed by atoms with Gasteiger partial charge in [0.2, 0.25) is 0 Å². The van der Waals surface area contributed by atoms with Gasteiger partial charge < -0.3 is 56.2 Å². The molecular formula is C3H6AlN3O12. The molecule has 0 aromatic heterocycles. The molecule has 0 aromatic rings. The molecule has 0 fully saturated rings.